The SMILES string of the molecule is CN(C)c1nnc(SCc2noc(-c3ccc(Cl)cc3)n2)s1. The average Bonchev–Trinajstić information content (AvgIpc) is 3.15. The Labute approximate surface area is 140 Å². The molecule has 0 fully saturated rings. The van der Waals surface area contributed by atoms with Gasteiger partial charge in [-0.25, -0.2) is 0 Å². The first-order chi connectivity index (χ1) is 10.6. The van der Waals surface area contributed by atoms with Crippen LogP contribution in [0.4, 0.5) is 5.13 Å². The molecule has 0 atom stereocenters. The fourth-order valence-electron chi connectivity index (χ4n) is 1.59. The zero-order valence-electron chi connectivity index (χ0n) is 11.9. The van der Waals surface area contributed by atoms with Gasteiger partial charge < -0.3 is 9.42 Å². The van der Waals surface area contributed by atoms with Crippen LogP contribution in [0.5, 0.6) is 0 Å². The topological polar surface area (TPSA) is 67.9 Å². The van der Waals surface area contributed by atoms with E-state index in [4.69, 9.17) is 16.1 Å². The quantitative estimate of drug-likeness (QED) is 0.649. The highest BCUT2D eigenvalue weighted by Crippen LogP contribution is 2.29. The minimum absolute atomic E-state index is 0.485. The van der Waals surface area contributed by atoms with Crippen molar-refractivity contribution in [1.29, 1.82) is 0 Å². The number of benzene rings is 1. The summed E-state index contributed by atoms with van der Waals surface area (Å²) < 4.78 is 6.14. The summed E-state index contributed by atoms with van der Waals surface area (Å²) in [6.07, 6.45) is 0. The van der Waals surface area contributed by atoms with Crippen molar-refractivity contribution in [2.45, 2.75) is 10.1 Å². The predicted octanol–water partition coefficient (Wildman–Crippen LogP) is 3.60. The molecule has 22 heavy (non-hydrogen) atoms. The van der Waals surface area contributed by atoms with Crippen LogP contribution < -0.4 is 4.90 Å². The molecule has 1 aromatic carbocycles. The third-order valence-electron chi connectivity index (χ3n) is 2.66. The van der Waals surface area contributed by atoms with E-state index in [1.165, 1.54) is 23.1 Å². The first-order valence-electron chi connectivity index (χ1n) is 6.34. The summed E-state index contributed by atoms with van der Waals surface area (Å²) >= 11 is 8.93. The Balaban J connectivity index is 1.65. The lowest BCUT2D eigenvalue weighted by Crippen LogP contribution is -2.07. The van der Waals surface area contributed by atoms with Gasteiger partial charge in [0.1, 0.15) is 0 Å². The monoisotopic (exact) mass is 353 g/mol. The molecule has 0 saturated carbocycles. The van der Waals surface area contributed by atoms with Gasteiger partial charge in [-0.05, 0) is 24.3 Å². The van der Waals surface area contributed by atoms with Crippen molar-refractivity contribution >= 4 is 39.8 Å². The molecule has 3 rings (SSSR count). The number of hydrogen-bond acceptors (Lipinski definition) is 8. The standard InChI is InChI=1S/C13H12ClN5OS2/c1-19(2)12-16-17-13(22-12)21-7-10-15-11(20-18-10)8-3-5-9(14)6-4-8/h3-6H,7H2,1-2H3. The van der Waals surface area contributed by atoms with E-state index in [0.29, 0.717) is 22.5 Å². The number of thioether (sulfide) groups is 1. The third-order valence-corrected chi connectivity index (χ3v) is 5.13. The second-order valence-corrected chi connectivity index (χ2v) is 7.17. The Hall–Kier alpha value is -1.64. The summed E-state index contributed by atoms with van der Waals surface area (Å²) in [5.74, 6) is 1.69. The molecular weight excluding hydrogens is 342 g/mol. The molecule has 3 aromatic rings. The van der Waals surface area contributed by atoms with E-state index in [2.05, 4.69) is 20.3 Å². The average molecular weight is 354 g/mol. The highest BCUT2D eigenvalue weighted by molar-refractivity contribution is 8.00. The van der Waals surface area contributed by atoms with Gasteiger partial charge in [0.15, 0.2) is 10.2 Å². The number of aromatic nitrogens is 4. The smallest absolute Gasteiger partial charge is 0.257 e. The number of nitrogens with zero attached hydrogens (tertiary/aromatic N) is 5. The molecule has 0 amide bonds. The van der Waals surface area contributed by atoms with Gasteiger partial charge in [0, 0.05) is 24.7 Å². The number of anilines is 1. The lowest BCUT2D eigenvalue weighted by atomic mass is 10.2. The summed E-state index contributed by atoms with van der Waals surface area (Å²) in [5.41, 5.74) is 0.846. The normalized spacial score (nSPS) is 10.9. The molecule has 2 aromatic heterocycles. The van der Waals surface area contributed by atoms with Crippen molar-refractivity contribution < 1.29 is 4.52 Å². The third kappa shape index (κ3) is 3.57. The Bertz CT molecular complexity index is 756. The van der Waals surface area contributed by atoms with Crippen molar-refractivity contribution in [3.63, 3.8) is 0 Å². The molecule has 2 heterocycles. The van der Waals surface area contributed by atoms with Crippen molar-refractivity contribution in [3.8, 4) is 11.5 Å². The molecule has 0 radical (unpaired) electrons. The maximum absolute atomic E-state index is 5.86. The van der Waals surface area contributed by atoms with Crippen LogP contribution in [-0.2, 0) is 5.75 Å². The minimum Gasteiger partial charge on any atom is -0.353 e. The van der Waals surface area contributed by atoms with E-state index in [0.717, 1.165) is 15.0 Å². The van der Waals surface area contributed by atoms with E-state index in [9.17, 15) is 0 Å². The number of halogens is 1. The largest absolute Gasteiger partial charge is 0.353 e. The summed E-state index contributed by atoms with van der Waals surface area (Å²) in [6.45, 7) is 0. The molecule has 0 aliphatic rings. The first kappa shape index (κ1) is 15.3. The highest BCUT2D eigenvalue weighted by Gasteiger charge is 2.11. The Morgan fingerprint density at radius 1 is 1.23 bits per heavy atom. The molecule has 0 saturated heterocycles. The molecule has 0 aliphatic carbocycles. The summed E-state index contributed by atoms with van der Waals surface area (Å²) in [7, 11) is 3.87. The Morgan fingerprint density at radius 3 is 2.68 bits per heavy atom. The molecule has 114 valence electrons. The zero-order valence-corrected chi connectivity index (χ0v) is 14.2. The molecule has 9 heteroatoms. The maximum Gasteiger partial charge on any atom is 0.257 e. The van der Waals surface area contributed by atoms with Crippen molar-refractivity contribution in [1.82, 2.24) is 20.3 Å². The second kappa shape index (κ2) is 6.64. The van der Waals surface area contributed by atoms with Crippen LogP contribution in [0, 0.1) is 0 Å². The van der Waals surface area contributed by atoms with Crippen LogP contribution >= 0.6 is 34.7 Å². The molecule has 0 aliphatic heterocycles. The Kier molecular flexibility index (Phi) is 4.60. The van der Waals surface area contributed by atoms with Crippen LogP contribution in [-0.4, -0.2) is 34.4 Å². The van der Waals surface area contributed by atoms with Gasteiger partial charge in [-0.1, -0.05) is 39.9 Å². The number of rotatable bonds is 5. The van der Waals surface area contributed by atoms with Gasteiger partial charge in [-0.15, -0.1) is 10.2 Å². The fourth-order valence-corrected chi connectivity index (χ4v) is 3.32. The van der Waals surface area contributed by atoms with Crippen LogP contribution in [0.15, 0.2) is 33.1 Å². The van der Waals surface area contributed by atoms with Crippen LogP contribution in [0.1, 0.15) is 5.82 Å². The zero-order chi connectivity index (χ0) is 15.5. The molecule has 0 spiro atoms. The van der Waals surface area contributed by atoms with Crippen LogP contribution in [0.2, 0.25) is 5.02 Å². The van der Waals surface area contributed by atoms with E-state index in [-0.39, 0.29) is 0 Å². The lowest BCUT2D eigenvalue weighted by Gasteiger charge is -2.03. The van der Waals surface area contributed by atoms with Gasteiger partial charge in [0.25, 0.3) is 5.89 Å². The van der Waals surface area contributed by atoms with Crippen molar-refractivity contribution in [2.24, 2.45) is 0 Å². The summed E-state index contributed by atoms with van der Waals surface area (Å²) in [5, 5.41) is 13.7. The summed E-state index contributed by atoms with van der Waals surface area (Å²) in [6, 6.07) is 7.28. The van der Waals surface area contributed by atoms with Crippen LogP contribution in [0.3, 0.4) is 0 Å². The van der Waals surface area contributed by atoms with Gasteiger partial charge in [0.2, 0.25) is 5.13 Å². The van der Waals surface area contributed by atoms with Gasteiger partial charge in [0.05, 0.1) is 5.75 Å². The van der Waals surface area contributed by atoms with Gasteiger partial charge in [-0.2, -0.15) is 4.98 Å². The lowest BCUT2D eigenvalue weighted by molar-refractivity contribution is 0.425. The number of hydrogen-bond donors (Lipinski definition) is 0. The van der Waals surface area contributed by atoms with E-state index >= 15 is 0 Å². The predicted molar refractivity (Wildman–Crippen MR) is 88.5 cm³/mol. The van der Waals surface area contributed by atoms with Crippen LogP contribution in [0.25, 0.3) is 11.5 Å². The molecule has 0 bridgehead atoms. The Morgan fingerprint density at radius 2 is 2.00 bits per heavy atom. The maximum atomic E-state index is 5.86. The fraction of sp³-hybridized carbons (Fsp3) is 0.231. The van der Waals surface area contributed by atoms with E-state index in [1.54, 1.807) is 12.1 Å². The summed E-state index contributed by atoms with van der Waals surface area (Å²) in [4.78, 5) is 6.30. The molecule has 0 N–H and O–H groups in total. The van der Waals surface area contributed by atoms with Gasteiger partial charge >= 0.3 is 0 Å². The highest BCUT2D eigenvalue weighted by atomic mass is 35.5. The molecule has 6 nitrogen and oxygen atoms in total. The second-order valence-electron chi connectivity index (χ2n) is 4.56. The van der Waals surface area contributed by atoms with Crippen molar-refractivity contribution in [3.05, 3.63) is 35.1 Å². The molecular formula is C13H12ClN5OS2. The first-order valence-corrected chi connectivity index (χ1v) is 8.52. The molecule has 0 unspecified atom stereocenters. The minimum atomic E-state index is 0.485. The van der Waals surface area contributed by atoms with Crippen molar-refractivity contribution in [2.75, 3.05) is 19.0 Å². The van der Waals surface area contributed by atoms with Gasteiger partial charge in [-0.3, -0.25) is 0 Å². The van der Waals surface area contributed by atoms with E-state index < -0.39 is 0 Å². The van der Waals surface area contributed by atoms with E-state index in [1.807, 2.05) is 31.1 Å².